The quantitative estimate of drug-likeness (QED) is 0.870. The van der Waals surface area contributed by atoms with Crippen molar-refractivity contribution in [2.24, 2.45) is 5.92 Å². The highest BCUT2D eigenvalue weighted by Crippen LogP contribution is 2.38. The Morgan fingerprint density at radius 2 is 1.89 bits per heavy atom. The third-order valence-corrected chi connectivity index (χ3v) is 7.02. The Balaban J connectivity index is 1.62. The van der Waals surface area contributed by atoms with Gasteiger partial charge in [-0.15, -0.1) is 0 Å². The highest BCUT2D eigenvalue weighted by molar-refractivity contribution is 7.92. The van der Waals surface area contributed by atoms with Crippen molar-refractivity contribution in [3.05, 3.63) is 53.6 Å². The first-order chi connectivity index (χ1) is 12.9. The van der Waals surface area contributed by atoms with E-state index in [1.54, 1.807) is 30.3 Å². The summed E-state index contributed by atoms with van der Waals surface area (Å²) < 4.78 is 28.3. The van der Waals surface area contributed by atoms with Gasteiger partial charge in [0.15, 0.2) is 0 Å². The molecule has 0 spiro atoms. The van der Waals surface area contributed by atoms with Crippen LogP contribution < -0.4 is 9.62 Å². The molecule has 1 saturated carbocycles. The van der Waals surface area contributed by atoms with Crippen molar-refractivity contribution >= 4 is 27.3 Å². The number of hydrogen-bond donors (Lipinski definition) is 1. The number of rotatable bonds is 4. The van der Waals surface area contributed by atoms with E-state index in [1.165, 1.54) is 0 Å². The predicted octanol–water partition coefficient (Wildman–Crippen LogP) is 3.87. The Kier molecular flexibility index (Phi) is 4.46. The minimum absolute atomic E-state index is 0.0652. The molecule has 1 heterocycles. The van der Waals surface area contributed by atoms with Crippen LogP contribution in [0, 0.1) is 12.8 Å². The van der Waals surface area contributed by atoms with Crippen LogP contribution in [0.2, 0.25) is 0 Å². The summed E-state index contributed by atoms with van der Waals surface area (Å²) in [7, 11) is -3.68. The first-order valence-corrected chi connectivity index (χ1v) is 10.9. The van der Waals surface area contributed by atoms with Gasteiger partial charge in [-0.1, -0.05) is 24.6 Å². The molecule has 6 heteroatoms. The van der Waals surface area contributed by atoms with Crippen molar-refractivity contribution in [1.29, 1.82) is 0 Å². The third-order valence-electron chi connectivity index (χ3n) is 5.66. The van der Waals surface area contributed by atoms with Gasteiger partial charge in [0.25, 0.3) is 10.0 Å². The first kappa shape index (κ1) is 18.0. The van der Waals surface area contributed by atoms with Gasteiger partial charge in [0.2, 0.25) is 5.91 Å². The standard InChI is InChI=1S/C21H24N2O3S/c1-14-6-3-4-9-19(14)22-27(25,26)18-10-11-20-17(13-18)12-15(2)23(20)21(24)16-7-5-8-16/h3-4,6,9-11,13,15-16,22H,5,7-8,12H2,1-2H3. The second-order valence-corrected chi connectivity index (χ2v) is 9.28. The summed E-state index contributed by atoms with van der Waals surface area (Å²) in [5, 5.41) is 0. The average molecular weight is 385 g/mol. The van der Waals surface area contributed by atoms with Crippen LogP contribution in [-0.4, -0.2) is 20.4 Å². The second-order valence-electron chi connectivity index (χ2n) is 7.60. The fourth-order valence-electron chi connectivity index (χ4n) is 3.85. The van der Waals surface area contributed by atoms with Crippen LogP contribution in [0.4, 0.5) is 11.4 Å². The van der Waals surface area contributed by atoms with Gasteiger partial charge in [-0.25, -0.2) is 8.42 Å². The molecule has 0 saturated heterocycles. The molecule has 4 rings (SSSR count). The molecule has 5 nitrogen and oxygen atoms in total. The smallest absolute Gasteiger partial charge is 0.261 e. The number of nitrogens with zero attached hydrogens (tertiary/aromatic N) is 1. The van der Waals surface area contributed by atoms with Crippen LogP contribution in [0.1, 0.15) is 37.3 Å². The topological polar surface area (TPSA) is 66.5 Å². The Hall–Kier alpha value is -2.34. The first-order valence-electron chi connectivity index (χ1n) is 9.41. The van der Waals surface area contributed by atoms with Crippen molar-refractivity contribution in [3.63, 3.8) is 0 Å². The molecule has 2 aliphatic rings. The predicted molar refractivity (Wildman–Crippen MR) is 106 cm³/mol. The van der Waals surface area contributed by atoms with Gasteiger partial charge in [-0.2, -0.15) is 0 Å². The van der Waals surface area contributed by atoms with Crippen LogP contribution in [0.25, 0.3) is 0 Å². The molecule has 2 aromatic carbocycles. The van der Waals surface area contributed by atoms with E-state index >= 15 is 0 Å². The van der Waals surface area contributed by atoms with E-state index in [-0.39, 0.29) is 22.8 Å². The van der Waals surface area contributed by atoms with Gasteiger partial charge in [0.05, 0.1) is 10.6 Å². The summed E-state index contributed by atoms with van der Waals surface area (Å²) >= 11 is 0. The third kappa shape index (κ3) is 3.23. The maximum Gasteiger partial charge on any atom is 0.261 e. The van der Waals surface area contributed by atoms with E-state index in [4.69, 9.17) is 0 Å². The largest absolute Gasteiger partial charge is 0.309 e. The van der Waals surface area contributed by atoms with Gasteiger partial charge < -0.3 is 4.90 Å². The molecule has 1 atom stereocenters. The van der Waals surface area contributed by atoms with Crippen molar-refractivity contribution in [3.8, 4) is 0 Å². The number of carbonyl (C=O) groups excluding carboxylic acids is 1. The zero-order valence-electron chi connectivity index (χ0n) is 15.6. The number of fused-ring (bicyclic) bond motifs is 1. The lowest BCUT2D eigenvalue weighted by atomic mass is 9.84. The van der Waals surface area contributed by atoms with Crippen molar-refractivity contribution in [2.45, 2.75) is 50.5 Å². The number of amides is 1. The van der Waals surface area contributed by atoms with Gasteiger partial charge in [-0.3, -0.25) is 9.52 Å². The lowest BCUT2D eigenvalue weighted by Crippen LogP contribution is -2.42. The molecule has 0 bridgehead atoms. The Morgan fingerprint density at radius 3 is 2.56 bits per heavy atom. The number of aryl methyl sites for hydroxylation is 1. The van der Waals surface area contributed by atoms with Crippen molar-refractivity contribution in [2.75, 3.05) is 9.62 Å². The maximum absolute atomic E-state index is 12.8. The van der Waals surface area contributed by atoms with E-state index in [1.807, 2.05) is 30.9 Å². The van der Waals surface area contributed by atoms with Crippen LogP contribution in [0.15, 0.2) is 47.4 Å². The van der Waals surface area contributed by atoms with Crippen LogP contribution in [-0.2, 0) is 21.2 Å². The summed E-state index contributed by atoms with van der Waals surface area (Å²) in [6.45, 7) is 3.89. The van der Waals surface area contributed by atoms with Crippen molar-refractivity contribution < 1.29 is 13.2 Å². The molecule has 1 aliphatic heterocycles. The minimum Gasteiger partial charge on any atom is -0.309 e. The van der Waals surface area contributed by atoms with Crippen LogP contribution in [0.3, 0.4) is 0 Å². The number of carbonyl (C=O) groups is 1. The molecule has 1 aliphatic carbocycles. The van der Waals surface area contributed by atoms with Crippen molar-refractivity contribution in [1.82, 2.24) is 0 Å². The summed E-state index contributed by atoms with van der Waals surface area (Å²) in [6.07, 6.45) is 3.73. The maximum atomic E-state index is 12.8. The number of hydrogen-bond acceptors (Lipinski definition) is 3. The molecule has 1 unspecified atom stereocenters. The van der Waals surface area contributed by atoms with Gasteiger partial charge in [0, 0.05) is 17.6 Å². The SMILES string of the molecule is Cc1ccccc1NS(=O)(=O)c1ccc2c(c1)CC(C)N2C(=O)C1CCC1. The second kappa shape index (κ2) is 6.68. The highest BCUT2D eigenvalue weighted by atomic mass is 32.2. The van der Waals surface area contributed by atoms with E-state index in [0.29, 0.717) is 12.1 Å². The Morgan fingerprint density at radius 1 is 1.15 bits per heavy atom. The average Bonchev–Trinajstić information content (AvgIpc) is 2.90. The summed E-state index contributed by atoms with van der Waals surface area (Å²) in [6, 6.07) is 12.4. The molecule has 0 aromatic heterocycles. The zero-order chi connectivity index (χ0) is 19.2. The molecule has 27 heavy (non-hydrogen) atoms. The van der Waals surface area contributed by atoms with Crippen LogP contribution in [0.5, 0.6) is 0 Å². The number of para-hydroxylation sites is 1. The molecule has 1 N–H and O–H groups in total. The zero-order valence-corrected chi connectivity index (χ0v) is 16.4. The monoisotopic (exact) mass is 384 g/mol. The molecule has 1 fully saturated rings. The fraction of sp³-hybridized carbons (Fsp3) is 0.381. The Labute approximate surface area is 160 Å². The molecular formula is C21H24N2O3S. The lowest BCUT2D eigenvalue weighted by Gasteiger charge is -2.32. The number of benzene rings is 2. The fourth-order valence-corrected chi connectivity index (χ4v) is 5.03. The molecule has 2 aromatic rings. The molecular weight excluding hydrogens is 360 g/mol. The van der Waals surface area contributed by atoms with Gasteiger partial charge in [-0.05, 0) is 68.5 Å². The summed E-state index contributed by atoms with van der Waals surface area (Å²) in [5.41, 5.74) is 3.22. The number of nitrogens with one attached hydrogen (secondary N) is 1. The number of sulfonamides is 1. The van der Waals surface area contributed by atoms with E-state index < -0.39 is 10.0 Å². The lowest BCUT2D eigenvalue weighted by molar-refractivity contribution is -0.125. The summed E-state index contributed by atoms with van der Waals surface area (Å²) in [5.74, 6) is 0.311. The van der Waals surface area contributed by atoms with Crippen LogP contribution >= 0.6 is 0 Å². The molecule has 1 amide bonds. The molecule has 0 radical (unpaired) electrons. The summed E-state index contributed by atoms with van der Waals surface area (Å²) in [4.78, 5) is 14.9. The normalized spacial score (nSPS) is 19.5. The van der Waals surface area contributed by atoms with E-state index in [2.05, 4.69) is 4.72 Å². The van der Waals surface area contributed by atoms with E-state index in [9.17, 15) is 13.2 Å². The minimum atomic E-state index is -3.68. The van der Waals surface area contributed by atoms with Gasteiger partial charge >= 0.3 is 0 Å². The Bertz CT molecular complexity index is 996. The number of anilines is 2. The van der Waals surface area contributed by atoms with Gasteiger partial charge in [0.1, 0.15) is 0 Å². The van der Waals surface area contributed by atoms with E-state index in [0.717, 1.165) is 36.1 Å². The molecule has 142 valence electrons. The highest BCUT2D eigenvalue weighted by Gasteiger charge is 2.37.